The van der Waals surface area contributed by atoms with Crippen molar-refractivity contribution in [3.05, 3.63) is 30.1 Å². The predicted octanol–water partition coefficient (Wildman–Crippen LogP) is 2.12. The van der Waals surface area contributed by atoms with Crippen LogP contribution < -0.4 is 5.73 Å². The van der Waals surface area contributed by atoms with Gasteiger partial charge in [0.1, 0.15) is 5.82 Å². The van der Waals surface area contributed by atoms with Crippen LogP contribution in [-0.4, -0.2) is 20.2 Å². The first kappa shape index (κ1) is 14.1. The Bertz CT molecular complexity index is 459. The molecule has 1 aromatic rings. The lowest BCUT2D eigenvalue weighted by atomic mass is 10.1. The van der Waals surface area contributed by atoms with E-state index in [0.29, 0.717) is 12.8 Å². The number of benzene rings is 1. The zero-order chi connectivity index (χ0) is 12.9. The highest BCUT2D eigenvalue weighted by Gasteiger charge is 2.15. The zero-order valence-corrected chi connectivity index (χ0v) is 10.7. The molecule has 0 aliphatic carbocycles. The second-order valence-electron chi connectivity index (χ2n) is 4.09. The maximum absolute atomic E-state index is 12.9. The van der Waals surface area contributed by atoms with Gasteiger partial charge in [-0.2, -0.15) is 0 Å². The molecule has 0 aliphatic heterocycles. The van der Waals surface area contributed by atoms with Gasteiger partial charge in [0.2, 0.25) is 0 Å². The van der Waals surface area contributed by atoms with E-state index in [2.05, 4.69) is 0 Å². The third kappa shape index (κ3) is 4.44. The van der Waals surface area contributed by atoms with Crippen LogP contribution in [0.4, 0.5) is 4.39 Å². The molecule has 1 aromatic carbocycles. The predicted molar refractivity (Wildman–Crippen MR) is 66.0 cm³/mol. The van der Waals surface area contributed by atoms with Gasteiger partial charge in [0.15, 0.2) is 9.84 Å². The van der Waals surface area contributed by atoms with Crippen LogP contribution in [0.3, 0.4) is 0 Å². The van der Waals surface area contributed by atoms with Crippen molar-refractivity contribution in [2.24, 2.45) is 5.73 Å². The number of halogens is 1. The number of sulfone groups is 1. The molecule has 0 saturated carbocycles. The van der Waals surface area contributed by atoms with E-state index < -0.39 is 15.7 Å². The topological polar surface area (TPSA) is 60.2 Å². The minimum atomic E-state index is -3.38. The summed E-state index contributed by atoms with van der Waals surface area (Å²) in [5.74, 6) is -0.513. The molecular weight excluding hydrogens is 241 g/mol. The van der Waals surface area contributed by atoms with Crippen LogP contribution in [0.5, 0.6) is 0 Å². The van der Waals surface area contributed by atoms with Crippen LogP contribution in [0.1, 0.15) is 26.2 Å². The Morgan fingerprint density at radius 3 is 2.71 bits per heavy atom. The lowest BCUT2D eigenvalue weighted by Gasteiger charge is -2.08. The third-order valence-electron chi connectivity index (χ3n) is 2.67. The molecule has 0 fully saturated rings. The van der Waals surface area contributed by atoms with Crippen molar-refractivity contribution >= 4 is 9.84 Å². The van der Waals surface area contributed by atoms with Crippen LogP contribution in [-0.2, 0) is 9.84 Å². The summed E-state index contributed by atoms with van der Waals surface area (Å²) in [6, 6.07) is 5.14. The molecule has 0 bridgehead atoms. The molecule has 0 saturated heterocycles. The molecule has 1 rings (SSSR count). The minimum Gasteiger partial charge on any atom is -0.328 e. The third-order valence-corrected chi connectivity index (χ3v) is 4.47. The minimum absolute atomic E-state index is 0.0180. The second-order valence-corrected chi connectivity index (χ2v) is 6.20. The van der Waals surface area contributed by atoms with Gasteiger partial charge in [-0.05, 0) is 37.5 Å². The summed E-state index contributed by atoms with van der Waals surface area (Å²) in [6.45, 7) is 1.96. The van der Waals surface area contributed by atoms with E-state index in [9.17, 15) is 12.8 Å². The van der Waals surface area contributed by atoms with Crippen molar-refractivity contribution in [1.29, 1.82) is 0 Å². The monoisotopic (exact) mass is 259 g/mol. The molecule has 0 amide bonds. The zero-order valence-electron chi connectivity index (χ0n) is 9.90. The molecule has 1 atom stereocenters. The van der Waals surface area contributed by atoms with Crippen molar-refractivity contribution in [3.8, 4) is 0 Å². The molecular formula is C12H18FNO2S. The molecule has 0 aromatic heterocycles. The summed E-state index contributed by atoms with van der Waals surface area (Å²) in [6.07, 6.45) is 2.01. The molecule has 0 heterocycles. The molecule has 2 N–H and O–H groups in total. The SMILES string of the molecule is CCC(N)CCCS(=O)(=O)c1cccc(F)c1. The maximum Gasteiger partial charge on any atom is 0.178 e. The van der Waals surface area contributed by atoms with Crippen LogP contribution >= 0.6 is 0 Å². The standard InChI is InChI=1S/C12H18FNO2S/c1-2-11(14)6-4-8-17(15,16)12-7-3-5-10(13)9-12/h3,5,7,9,11H,2,4,6,8,14H2,1H3. The summed E-state index contributed by atoms with van der Waals surface area (Å²) in [5.41, 5.74) is 5.71. The van der Waals surface area contributed by atoms with E-state index >= 15 is 0 Å². The highest BCUT2D eigenvalue weighted by Crippen LogP contribution is 2.14. The number of hydrogen-bond acceptors (Lipinski definition) is 3. The van der Waals surface area contributed by atoms with Gasteiger partial charge in [-0.1, -0.05) is 13.0 Å². The Kier molecular flexibility index (Phi) is 5.08. The van der Waals surface area contributed by atoms with E-state index in [4.69, 9.17) is 5.73 Å². The molecule has 0 aliphatic rings. The van der Waals surface area contributed by atoms with Gasteiger partial charge in [-0.3, -0.25) is 0 Å². The van der Waals surface area contributed by atoms with E-state index in [1.165, 1.54) is 18.2 Å². The lowest BCUT2D eigenvalue weighted by Crippen LogP contribution is -2.19. The van der Waals surface area contributed by atoms with Gasteiger partial charge in [-0.15, -0.1) is 0 Å². The van der Waals surface area contributed by atoms with Crippen molar-refractivity contribution in [3.63, 3.8) is 0 Å². The van der Waals surface area contributed by atoms with Crippen molar-refractivity contribution in [1.82, 2.24) is 0 Å². The first-order chi connectivity index (χ1) is 7.95. The average molecular weight is 259 g/mol. The first-order valence-electron chi connectivity index (χ1n) is 5.69. The van der Waals surface area contributed by atoms with E-state index in [0.717, 1.165) is 12.5 Å². The van der Waals surface area contributed by atoms with Gasteiger partial charge in [-0.25, -0.2) is 12.8 Å². The molecule has 0 radical (unpaired) electrons. The Morgan fingerprint density at radius 1 is 1.41 bits per heavy atom. The molecule has 0 spiro atoms. The van der Waals surface area contributed by atoms with Gasteiger partial charge in [0.05, 0.1) is 10.6 Å². The Labute approximate surface area is 102 Å². The summed E-state index contributed by atoms with van der Waals surface area (Å²) in [4.78, 5) is 0.0440. The van der Waals surface area contributed by atoms with Crippen molar-refractivity contribution < 1.29 is 12.8 Å². The van der Waals surface area contributed by atoms with Crippen LogP contribution in [0, 0.1) is 5.82 Å². The Balaban J connectivity index is 2.63. The molecule has 96 valence electrons. The van der Waals surface area contributed by atoms with E-state index in [1.54, 1.807) is 0 Å². The highest BCUT2D eigenvalue weighted by molar-refractivity contribution is 7.91. The summed E-state index contributed by atoms with van der Waals surface area (Å²) >= 11 is 0. The van der Waals surface area contributed by atoms with Gasteiger partial charge < -0.3 is 5.73 Å². The normalized spacial score (nSPS) is 13.6. The van der Waals surface area contributed by atoms with Gasteiger partial charge in [0.25, 0.3) is 0 Å². The van der Waals surface area contributed by atoms with Crippen molar-refractivity contribution in [2.75, 3.05) is 5.75 Å². The molecule has 5 heteroatoms. The van der Waals surface area contributed by atoms with Crippen LogP contribution in [0.2, 0.25) is 0 Å². The second kappa shape index (κ2) is 6.12. The fraction of sp³-hybridized carbons (Fsp3) is 0.500. The van der Waals surface area contributed by atoms with Crippen LogP contribution in [0.15, 0.2) is 29.2 Å². The summed E-state index contributed by atoms with van der Waals surface area (Å²) in [7, 11) is -3.38. The Morgan fingerprint density at radius 2 is 2.12 bits per heavy atom. The quantitative estimate of drug-likeness (QED) is 0.851. The van der Waals surface area contributed by atoms with E-state index in [1.807, 2.05) is 6.92 Å². The maximum atomic E-state index is 12.9. The summed E-state index contributed by atoms with van der Waals surface area (Å²) < 4.78 is 36.6. The average Bonchev–Trinajstić information content (AvgIpc) is 2.28. The summed E-state index contributed by atoms with van der Waals surface area (Å²) in [5, 5.41) is 0. The van der Waals surface area contributed by atoms with Gasteiger partial charge >= 0.3 is 0 Å². The largest absolute Gasteiger partial charge is 0.328 e. The molecule has 17 heavy (non-hydrogen) atoms. The first-order valence-corrected chi connectivity index (χ1v) is 7.35. The fourth-order valence-corrected chi connectivity index (χ4v) is 2.88. The number of hydrogen-bond donors (Lipinski definition) is 1. The van der Waals surface area contributed by atoms with Gasteiger partial charge in [0, 0.05) is 6.04 Å². The lowest BCUT2D eigenvalue weighted by molar-refractivity contribution is 0.566. The van der Waals surface area contributed by atoms with Crippen LogP contribution in [0.25, 0.3) is 0 Å². The molecule has 1 unspecified atom stereocenters. The highest BCUT2D eigenvalue weighted by atomic mass is 32.2. The van der Waals surface area contributed by atoms with E-state index in [-0.39, 0.29) is 16.7 Å². The number of rotatable bonds is 6. The Hall–Kier alpha value is -0.940. The number of nitrogens with two attached hydrogens (primary N) is 1. The fourth-order valence-electron chi connectivity index (χ4n) is 1.52. The molecule has 3 nitrogen and oxygen atoms in total. The smallest absolute Gasteiger partial charge is 0.178 e. The van der Waals surface area contributed by atoms with Crippen molar-refractivity contribution in [2.45, 2.75) is 37.1 Å².